The number of ether oxygens (including phenoxy) is 1. The fourth-order valence-corrected chi connectivity index (χ4v) is 1.20. The van der Waals surface area contributed by atoms with Gasteiger partial charge in [0.25, 0.3) is 0 Å². The number of esters is 1. The van der Waals surface area contributed by atoms with Gasteiger partial charge in [-0.25, -0.2) is 4.79 Å². The SMILES string of the molecule is C#CCn1ccc(C(=O)OC)c1/C=N\O. The predicted molar refractivity (Wildman–Crippen MR) is 54.0 cm³/mol. The quantitative estimate of drug-likeness (QED) is 0.260. The van der Waals surface area contributed by atoms with Crippen LogP contribution in [-0.2, 0) is 11.3 Å². The van der Waals surface area contributed by atoms with Crippen LogP contribution in [0, 0.1) is 12.3 Å². The van der Waals surface area contributed by atoms with Crippen molar-refractivity contribution in [2.24, 2.45) is 5.16 Å². The topological polar surface area (TPSA) is 63.8 Å². The third-order valence-corrected chi connectivity index (χ3v) is 1.85. The van der Waals surface area contributed by atoms with Crippen LogP contribution < -0.4 is 0 Å². The largest absolute Gasteiger partial charge is 0.465 e. The number of carbonyl (C=O) groups is 1. The number of hydrogen-bond acceptors (Lipinski definition) is 4. The van der Waals surface area contributed by atoms with Crippen LogP contribution in [0.2, 0.25) is 0 Å². The van der Waals surface area contributed by atoms with E-state index >= 15 is 0 Å². The Hall–Kier alpha value is -2.22. The first-order valence-electron chi connectivity index (χ1n) is 4.13. The average molecular weight is 206 g/mol. The molecule has 0 spiro atoms. The Bertz CT molecular complexity index is 426. The average Bonchev–Trinajstić information content (AvgIpc) is 2.62. The van der Waals surface area contributed by atoms with E-state index in [2.05, 4.69) is 15.8 Å². The summed E-state index contributed by atoms with van der Waals surface area (Å²) in [6.45, 7) is 0.290. The van der Waals surface area contributed by atoms with E-state index in [0.29, 0.717) is 17.8 Å². The van der Waals surface area contributed by atoms with Gasteiger partial charge in [0.1, 0.15) is 0 Å². The molecule has 5 nitrogen and oxygen atoms in total. The van der Waals surface area contributed by atoms with Crippen LogP contribution in [0.4, 0.5) is 0 Å². The molecule has 0 saturated heterocycles. The molecule has 0 bridgehead atoms. The van der Waals surface area contributed by atoms with Crippen molar-refractivity contribution < 1.29 is 14.7 Å². The van der Waals surface area contributed by atoms with Gasteiger partial charge in [0.05, 0.1) is 31.1 Å². The summed E-state index contributed by atoms with van der Waals surface area (Å²) >= 11 is 0. The van der Waals surface area contributed by atoms with Crippen LogP contribution in [0.25, 0.3) is 0 Å². The second kappa shape index (κ2) is 4.86. The maximum atomic E-state index is 11.3. The van der Waals surface area contributed by atoms with Crippen molar-refractivity contribution in [1.29, 1.82) is 0 Å². The van der Waals surface area contributed by atoms with E-state index < -0.39 is 5.97 Å². The van der Waals surface area contributed by atoms with Gasteiger partial charge in [-0.15, -0.1) is 6.42 Å². The number of terminal acetylenes is 1. The number of hydrogen-bond donors (Lipinski definition) is 1. The number of methoxy groups -OCH3 is 1. The van der Waals surface area contributed by atoms with Crippen LogP contribution in [0.3, 0.4) is 0 Å². The molecule has 5 heteroatoms. The van der Waals surface area contributed by atoms with E-state index in [1.807, 2.05) is 0 Å². The van der Waals surface area contributed by atoms with Crippen molar-refractivity contribution in [3.63, 3.8) is 0 Å². The third-order valence-electron chi connectivity index (χ3n) is 1.85. The Labute approximate surface area is 87.0 Å². The summed E-state index contributed by atoms with van der Waals surface area (Å²) in [5, 5.41) is 11.3. The van der Waals surface area contributed by atoms with Crippen molar-refractivity contribution >= 4 is 12.2 Å². The van der Waals surface area contributed by atoms with Gasteiger partial charge in [0, 0.05) is 6.20 Å². The van der Waals surface area contributed by atoms with Gasteiger partial charge >= 0.3 is 5.97 Å². The molecule has 15 heavy (non-hydrogen) atoms. The van der Waals surface area contributed by atoms with Gasteiger partial charge in [-0.05, 0) is 6.07 Å². The highest BCUT2D eigenvalue weighted by Gasteiger charge is 2.14. The number of oxime groups is 1. The van der Waals surface area contributed by atoms with Gasteiger partial charge in [0.15, 0.2) is 0 Å². The summed E-state index contributed by atoms with van der Waals surface area (Å²) < 4.78 is 6.17. The number of aromatic nitrogens is 1. The second-order valence-corrected chi connectivity index (χ2v) is 2.68. The Morgan fingerprint density at radius 1 is 1.87 bits per heavy atom. The highest BCUT2D eigenvalue weighted by atomic mass is 16.5. The summed E-state index contributed by atoms with van der Waals surface area (Å²) in [7, 11) is 1.28. The van der Waals surface area contributed by atoms with Crippen LogP contribution >= 0.6 is 0 Å². The first-order chi connectivity index (χ1) is 7.24. The Morgan fingerprint density at radius 2 is 2.60 bits per heavy atom. The normalized spacial score (nSPS) is 10.1. The van der Waals surface area contributed by atoms with Crippen LogP contribution in [0.5, 0.6) is 0 Å². The lowest BCUT2D eigenvalue weighted by atomic mass is 10.2. The molecular weight excluding hydrogens is 196 g/mol. The molecule has 0 aliphatic carbocycles. The van der Waals surface area contributed by atoms with E-state index in [9.17, 15) is 4.79 Å². The Morgan fingerprint density at radius 3 is 3.13 bits per heavy atom. The molecule has 0 aromatic carbocycles. The molecule has 0 aliphatic rings. The summed E-state index contributed by atoms with van der Waals surface area (Å²) in [4.78, 5) is 11.3. The maximum absolute atomic E-state index is 11.3. The summed E-state index contributed by atoms with van der Waals surface area (Å²) in [5.41, 5.74) is 0.729. The van der Waals surface area contributed by atoms with Crippen LogP contribution in [0.15, 0.2) is 17.4 Å². The molecule has 0 radical (unpaired) electrons. The van der Waals surface area contributed by atoms with E-state index in [0.717, 1.165) is 6.21 Å². The number of nitrogens with zero attached hydrogens (tertiary/aromatic N) is 2. The van der Waals surface area contributed by atoms with Crippen molar-refractivity contribution in [1.82, 2.24) is 4.57 Å². The van der Waals surface area contributed by atoms with Gasteiger partial charge in [0.2, 0.25) is 0 Å². The molecule has 0 atom stereocenters. The number of rotatable bonds is 3. The van der Waals surface area contributed by atoms with Gasteiger partial charge in [-0.3, -0.25) is 0 Å². The molecule has 1 aromatic heterocycles. The summed E-state index contributed by atoms with van der Waals surface area (Å²) in [6, 6.07) is 1.56. The van der Waals surface area contributed by atoms with Gasteiger partial charge in [-0.2, -0.15) is 0 Å². The molecule has 1 heterocycles. The van der Waals surface area contributed by atoms with Crippen molar-refractivity contribution in [3.8, 4) is 12.3 Å². The Balaban J connectivity index is 3.18. The first-order valence-corrected chi connectivity index (χ1v) is 4.13. The molecule has 0 unspecified atom stereocenters. The van der Waals surface area contributed by atoms with Crippen molar-refractivity contribution in [3.05, 3.63) is 23.5 Å². The van der Waals surface area contributed by atoms with E-state index in [1.165, 1.54) is 7.11 Å². The minimum atomic E-state index is -0.499. The van der Waals surface area contributed by atoms with E-state index in [-0.39, 0.29) is 0 Å². The lowest BCUT2D eigenvalue weighted by molar-refractivity contribution is 0.0600. The molecule has 1 rings (SSSR count). The smallest absolute Gasteiger partial charge is 0.340 e. The fourth-order valence-electron chi connectivity index (χ4n) is 1.20. The fraction of sp³-hybridized carbons (Fsp3) is 0.200. The standard InChI is InChI=1S/C10H10N2O3/c1-3-5-12-6-4-8(10(13)15-2)9(12)7-11-14/h1,4,6-7,14H,5H2,2H3/b11-7-. The monoisotopic (exact) mass is 206 g/mol. The highest BCUT2D eigenvalue weighted by molar-refractivity contribution is 5.98. The van der Waals surface area contributed by atoms with Crippen LogP contribution in [0.1, 0.15) is 16.1 Å². The van der Waals surface area contributed by atoms with Gasteiger partial charge < -0.3 is 14.5 Å². The zero-order chi connectivity index (χ0) is 11.3. The number of carbonyl (C=O) groups excluding carboxylic acids is 1. The van der Waals surface area contributed by atoms with Crippen LogP contribution in [-0.4, -0.2) is 29.1 Å². The molecule has 0 aliphatic heterocycles. The zero-order valence-corrected chi connectivity index (χ0v) is 8.17. The summed E-state index contributed by atoms with van der Waals surface area (Å²) in [5.74, 6) is 1.92. The molecule has 0 fully saturated rings. The highest BCUT2D eigenvalue weighted by Crippen LogP contribution is 2.10. The lowest BCUT2D eigenvalue weighted by Gasteiger charge is -2.02. The molecule has 0 amide bonds. The second-order valence-electron chi connectivity index (χ2n) is 2.68. The molecular formula is C10H10N2O3. The molecule has 0 saturated carbocycles. The van der Waals surface area contributed by atoms with Crippen molar-refractivity contribution in [2.45, 2.75) is 6.54 Å². The van der Waals surface area contributed by atoms with E-state index in [4.69, 9.17) is 11.6 Å². The minimum Gasteiger partial charge on any atom is -0.465 e. The predicted octanol–water partition coefficient (Wildman–Crippen LogP) is 0.716. The molecule has 78 valence electrons. The summed E-state index contributed by atoms with van der Waals surface area (Å²) in [6.07, 6.45) is 7.92. The van der Waals surface area contributed by atoms with Gasteiger partial charge in [-0.1, -0.05) is 11.1 Å². The maximum Gasteiger partial charge on any atom is 0.340 e. The van der Waals surface area contributed by atoms with Crippen molar-refractivity contribution in [2.75, 3.05) is 7.11 Å². The molecule has 1 aromatic rings. The lowest BCUT2D eigenvalue weighted by Crippen LogP contribution is -2.07. The van der Waals surface area contributed by atoms with E-state index in [1.54, 1.807) is 16.8 Å². The zero-order valence-electron chi connectivity index (χ0n) is 8.17. The third kappa shape index (κ3) is 2.17. The Kier molecular flexibility index (Phi) is 3.52. The molecule has 1 N–H and O–H groups in total. The minimum absolute atomic E-state index is 0.290. The first kappa shape index (κ1) is 10.9.